The number of likely N-dealkylation sites (tertiary alicyclic amines) is 1. The summed E-state index contributed by atoms with van der Waals surface area (Å²) < 4.78 is 6.16. The van der Waals surface area contributed by atoms with Crippen LogP contribution in [0.5, 0.6) is 0 Å². The van der Waals surface area contributed by atoms with Crippen molar-refractivity contribution in [2.75, 3.05) is 25.5 Å². The van der Waals surface area contributed by atoms with Gasteiger partial charge in [-0.3, -0.25) is 14.5 Å². The van der Waals surface area contributed by atoms with Crippen LogP contribution in [0.15, 0.2) is 42.5 Å². The van der Waals surface area contributed by atoms with E-state index in [2.05, 4.69) is 16.3 Å². The maximum absolute atomic E-state index is 13.3. The third-order valence-electron chi connectivity index (χ3n) is 6.75. The number of anilines is 1. The molecule has 0 unspecified atom stereocenters. The van der Waals surface area contributed by atoms with E-state index in [-0.39, 0.29) is 17.8 Å². The topological polar surface area (TPSA) is 91.8 Å². The average Bonchev–Trinajstić information content (AvgIpc) is 3.42. The molecule has 1 amide bonds. The first-order chi connectivity index (χ1) is 17.4. The highest BCUT2D eigenvalue weighted by molar-refractivity contribution is 7.21. The zero-order valence-corrected chi connectivity index (χ0v) is 21.4. The number of Topliss-reactive ketones (excluding diaryl/α,β-unsaturated/α-hetero) is 1. The molecule has 0 spiro atoms. The first-order valence-corrected chi connectivity index (χ1v) is 12.8. The number of ether oxygens (including phenoxy) is 1. The number of nitrogens with one attached hydrogen (secondary N) is 1. The molecule has 4 aromatic rings. The summed E-state index contributed by atoms with van der Waals surface area (Å²) in [6.45, 7) is 6.17. The Bertz CT molecular complexity index is 1480. The molecule has 2 aromatic carbocycles. The Kier molecular flexibility index (Phi) is 6.85. The lowest BCUT2D eigenvalue weighted by Crippen LogP contribution is -2.21. The number of carbonyl (C=O) groups excluding carboxylic acids is 2. The molecule has 1 saturated heterocycles. The number of aliphatic hydroxyl groups excluding tert-OH is 1. The van der Waals surface area contributed by atoms with Gasteiger partial charge in [-0.15, -0.1) is 11.3 Å². The molecule has 1 fully saturated rings. The molecule has 1 aliphatic rings. The van der Waals surface area contributed by atoms with Crippen molar-refractivity contribution in [2.45, 2.75) is 39.5 Å². The van der Waals surface area contributed by atoms with Crippen LogP contribution in [0, 0.1) is 6.92 Å². The molecule has 5 rings (SSSR count). The smallest absolute Gasteiger partial charge is 0.267 e. The van der Waals surface area contributed by atoms with Gasteiger partial charge in [-0.1, -0.05) is 18.2 Å². The van der Waals surface area contributed by atoms with Gasteiger partial charge in [0.1, 0.15) is 5.82 Å². The fourth-order valence-electron chi connectivity index (χ4n) is 5.00. The molecule has 36 heavy (non-hydrogen) atoms. The Labute approximate surface area is 213 Å². The number of rotatable bonds is 7. The predicted molar refractivity (Wildman–Crippen MR) is 143 cm³/mol. The zero-order chi connectivity index (χ0) is 25.4. The van der Waals surface area contributed by atoms with E-state index in [1.54, 1.807) is 14.0 Å². The number of pyridine rings is 1. The van der Waals surface area contributed by atoms with E-state index in [0.717, 1.165) is 57.2 Å². The standard InChI is InChI=1S/C28H29N3O4S/c1-16-25-19(15-35-3)7-8-21(17(2)32)27(25)36-26(16)28(34)30-24-10-9-22-18(5-4-6-23(22)29-24)13-31-12-11-20(33)14-31/h4-10,20,33H,11-15H2,1-3H3,(H,29,30,34)/t20-/m1/s1. The lowest BCUT2D eigenvalue weighted by atomic mass is 10.0. The van der Waals surface area contributed by atoms with Crippen molar-refractivity contribution >= 4 is 49.8 Å². The van der Waals surface area contributed by atoms with Crippen LogP contribution in [0.2, 0.25) is 0 Å². The van der Waals surface area contributed by atoms with Crippen LogP contribution in [-0.4, -0.2) is 53.0 Å². The number of aromatic nitrogens is 1. The van der Waals surface area contributed by atoms with Crippen molar-refractivity contribution in [3.05, 3.63) is 69.6 Å². The van der Waals surface area contributed by atoms with Gasteiger partial charge < -0.3 is 15.2 Å². The number of aryl methyl sites for hydroxylation is 1. The summed E-state index contributed by atoms with van der Waals surface area (Å²) in [5, 5.41) is 14.7. The number of hydrogen-bond acceptors (Lipinski definition) is 7. The van der Waals surface area contributed by atoms with Crippen molar-refractivity contribution in [2.24, 2.45) is 0 Å². The number of hydrogen-bond donors (Lipinski definition) is 2. The maximum Gasteiger partial charge on any atom is 0.267 e. The minimum Gasteiger partial charge on any atom is -0.392 e. The van der Waals surface area contributed by atoms with E-state index in [0.29, 0.717) is 29.4 Å². The highest BCUT2D eigenvalue weighted by atomic mass is 32.1. The quantitative estimate of drug-likeness (QED) is 0.348. The van der Waals surface area contributed by atoms with Crippen molar-refractivity contribution < 1.29 is 19.4 Å². The number of fused-ring (bicyclic) bond motifs is 2. The molecule has 7 nitrogen and oxygen atoms in total. The van der Waals surface area contributed by atoms with E-state index < -0.39 is 0 Å². The molecule has 1 atom stereocenters. The Balaban J connectivity index is 1.44. The monoisotopic (exact) mass is 503 g/mol. The van der Waals surface area contributed by atoms with Gasteiger partial charge in [-0.25, -0.2) is 4.98 Å². The second-order valence-corrected chi connectivity index (χ2v) is 10.4. The number of ketones is 1. The van der Waals surface area contributed by atoms with Crippen molar-refractivity contribution in [1.82, 2.24) is 9.88 Å². The Morgan fingerprint density at radius 1 is 1.19 bits per heavy atom. The Morgan fingerprint density at radius 3 is 2.75 bits per heavy atom. The van der Waals surface area contributed by atoms with Crippen molar-refractivity contribution in [3.63, 3.8) is 0 Å². The molecule has 8 heteroatoms. The number of aliphatic hydroxyl groups is 1. The van der Waals surface area contributed by atoms with E-state index in [1.165, 1.54) is 11.3 Å². The lowest BCUT2D eigenvalue weighted by Gasteiger charge is -2.16. The lowest BCUT2D eigenvalue weighted by molar-refractivity contribution is 0.101. The summed E-state index contributed by atoms with van der Waals surface area (Å²) in [6.07, 6.45) is 0.548. The minimum absolute atomic E-state index is 0.0346. The minimum atomic E-state index is -0.255. The number of carbonyl (C=O) groups is 2. The third kappa shape index (κ3) is 4.65. The van der Waals surface area contributed by atoms with Gasteiger partial charge >= 0.3 is 0 Å². The van der Waals surface area contributed by atoms with Crippen LogP contribution >= 0.6 is 11.3 Å². The molecule has 0 radical (unpaired) electrons. The molecule has 0 aliphatic carbocycles. The second kappa shape index (κ2) is 10.1. The van der Waals surface area contributed by atoms with Crippen LogP contribution in [0.25, 0.3) is 21.0 Å². The van der Waals surface area contributed by atoms with Gasteiger partial charge in [0.2, 0.25) is 0 Å². The maximum atomic E-state index is 13.3. The summed E-state index contributed by atoms with van der Waals surface area (Å²) in [5.74, 6) is 0.190. The summed E-state index contributed by atoms with van der Waals surface area (Å²) >= 11 is 1.33. The molecular formula is C28H29N3O4S. The first-order valence-electron chi connectivity index (χ1n) is 12.0. The highest BCUT2D eigenvalue weighted by Gasteiger charge is 2.23. The van der Waals surface area contributed by atoms with Crippen LogP contribution in [0.4, 0.5) is 5.82 Å². The zero-order valence-electron chi connectivity index (χ0n) is 20.6. The molecular weight excluding hydrogens is 474 g/mol. The van der Waals surface area contributed by atoms with Crippen LogP contribution < -0.4 is 5.32 Å². The summed E-state index contributed by atoms with van der Waals surface area (Å²) in [5.41, 5.74) is 4.35. The highest BCUT2D eigenvalue weighted by Crippen LogP contribution is 2.37. The number of nitrogens with zero attached hydrogens (tertiary/aromatic N) is 2. The number of methoxy groups -OCH3 is 1. The van der Waals surface area contributed by atoms with Gasteiger partial charge in [-0.05, 0) is 61.2 Å². The van der Waals surface area contributed by atoms with Gasteiger partial charge in [-0.2, -0.15) is 0 Å². The van der Waals surface area contributed by atoms with Gasteiger partial charge in [0, 0.05) is 47.8 Å². The molecule has 2 N–H and O–H groups in total. The molecule has 1 aliphatic heterocycles. The number of benzene rings is 2. The Hall–Kier alpha value is -3.17. The summed E-state index contributed by atoms with van der Waals surface area (Å²) in [4.78, 5) is 33.1. The summed E-state index contributed by atoms with van der Waals surface area (Å²) in [6, 6.07) is 13.5. The SMILES string of the molecule is COCc1ccc(C(C)=O)c2sc(C(=O)Nc3ccc4c(CN5CC[C@@H](O)C5)cccc4n3)c(C)c12. The normalized spacial score (nSPS) is 16.2. The van der Waals surface area contributed by atoms with Crippen LogP contribution in [0.1, 0.15) is 50.1 Å². The number of amides is 1. The molecule has 2 aromatic heterocycles. The number of β-amino-alcohol motifs (C(OH)–C–C–N with tert-alkyl or cyclic N) is 1. The fourth-order valence-corrected chi connectivity index (χ4v) is 6.31. The molecule has 0 bridgehead atoms. The van der Waals surface area contributed by atoms with Crippen molar-refractivity contribution in [3.8, 4) is 0 Å². The van der Waals surface area contributed by atoms with Gasteiger partial charge in [0.15, 0.2) is 5.78 Å². The Morgan fingerprint density at radius 2 is 2.03 bits per heavy atom. The van der Waals surface area contributed by atoms with E-state index in [9.17, 15) is 14.7 Å². The average molecular weight is 504 g/mol. The van der Waals surface area contributed by atoms with Crippen LogP contribution in [-0.2, 0) is 17.9 Å². The third-order valence-corrected chi connectivity index (χ3v) is 8.08. The number of thiophene rings is 1. The first kappa shape index (κ1) is 24.5. The molecule has 0 saturated carbocycles. The van der Waals surface area contributed by atoms with E-state index in [4.69, 9.17) is 9.72 Å². The van der Waals surface area contributed by atoms with Gasteiger partial charge in [0.25, 0.3) is 5.91 Å². The molecule has 186 valence electrons. The van der Waals surface area contributed by atoms with E-state index in [1.807, 2.05) is 43.3 Å². The summed E-state index contributed by atoms with van der Waals surface area (Å²) in [7, 11) is 1.63. The molecule has 3 heterocycles. The second-order valence-electron chi connectivity index (χ2n) is 9.33. The van der Waals surface area contributed by atoms with Gasteiger partial charge in [0.05, 0.1) is 23.1 Å². The largest absolute Gasteiger partial charge is 0.392 e. The van der Waals surface area contributed by atoms with E-state index >= 15 is 0 Å². The predicted octanol–water partition coefficient (Wildman–Crippen LogP) is 4.93. The van der Waals surface area contributed by atoms with Crippen molar-refractivity contribution in [1.29, 1.82) is 0 Å². The van der Waals surface area contributed by atoms with Crippen LogP contribution in [0.3, 0.4) is 0 Å². The fraction of sp³-hybridized carbons (Fsp3) is 0.321.